The Morgan fingerprint density at radius 2 is 2.33 bits per heavy atom. The SMILES string of the molecule is CC(C)N1CCC2(C1)NCCS2. The molecule has 0 aromatic heterocycles. The summed E-state index contributed by atoms with van der Waals surface area (Å²) in [4.78, 5) is 3.01. The van der Waals surface area contributed by atoms with Gasteiger partial charge in [-0.1, -0.05) is 0 Å². The molecule has 0 radical (unpaired) electrons. The van der Waals surface area contributed by atoms with Crippen molar-refractivity contribution >= 4 is 11.8 Å². The Balaban J connectivity index is 1.96. The second kappa shape index (κ2) is 3.20. The van der Waals surface area contributed by atoms with Gasteiger partial charge in [0.15, 0.2) is 0 Å². The zero-order chi connectivity index (χ0) is 8.60. The highest BCUT2D eigenvalue weighted by Gasteiger charge is 2.41. The van der Waals surface area contributed by atoms with Crippen LogP contribution < -0.4 is 5.32 Å². The molecule has 2 aliphatic heterocycles. The van der Waals surface area contributed by atoms with E-state index in [1.54, 1.807) is 0 Å². The number of likely N-dealkylation sites (tertiary alicyclic amines) is 1. The molecule has 0 aromatic carbocycles. The minimum absolute atomic E-state index is 0.435. The van der Waals surface area contributed by atoms with Crippen LogP contribution >= 0.6 is 11.8 Å². The summed E-state index contributed by atoms with van der Waals surface area (Å²) < 4.78 is 0. The normalized spacial score (nSPS) is 37.2. The van der Waals surface area contributed by atoms with Gasteiger partial charge in [-0.05, 0) is 20.3 Å². The third-order valence-electron chi connectivity index (χ3n) is 2.92. The van der Waals surface area contributed by atoms with E-state index in [0.29, 0.717) is 10.9 Å². The molecule has 2 aliphatic rings. The molecule has 1 unspecified atom stereocenters. The molecular formula is C9H18N2S. The first kappa shape index (κ1) is 8.85. The van der Waals surface area contributed by atoms with Gasteiger partial charge in [-0.15, -0.1) is 11.8 Å². The van der Waals surface area contributed by atoms with Crippen molar-refractivity contribution in [1.29, 1.82) is 0 Å². The summed E-state index contributed by atoms with van der Waals surface area (Å²) in [6.07, 6.45) is 1.33. The summed E-state index contributed by atoms with van der Waals surface area (Å²) in [6, 6.07) is 0.715. The lowest BCUT2D eigenvalue weighted by Crippen LogP contribution is -2.41. The van der Waals surface area contributed by atoms with Gasteiger partial charge in [-0.25, -0.2) is 0 Å². The van der Waals surface area contributed by atoms with Crippen molar-refractivity contribution in [2.24, 2.45) is 0 Å². The molecule has 0 aromatic rings. The Kier molecular flexibility index (Phi) is 2.36. The van der Waals surface area contributed by atoms with E-state index in [9.17, 15) is 0 Å². The molecule has 0 amide bonds. The van der Waals surface area contributed by atoms with Gasteiger partial charge in [0.25, 0.3) is 0 Å². The van der Waals surface area contributed by atoms with Gasteiger partial charge >= 0.3 is 0 Å². The predicted octanol–water partition coefficient (Wildman–Crippen LogP) is 1.13. The van der Waals surface area contributed by atoms with Gasteiger partial charge in [-0.3, -0.25) is 4.90 Å². The highest BCUT2D eigenvalue weighted by molar-refractivity contribution is 8.00. The summed E-state index contributed by atoms with van der Waals surface area (Å²) in [5, 5.41) is 3.64. The van der Waals surface area contributed by atoms with Crippen molar-refractivity contribution in [3.8, 4) is 0 Å². The van der Waals surface area contributed by atoms with Crippen LogP contribution in [0.4, 0.5) is 0 Å². The summed E-state index contributed by atoms with van der Waals surface area (Å²) in [5.41, 5.74) is 0. The second-order valence-corrected chi connectivity index (χ2v) is 5.56. The Morgan fingerprint density at radius 3 is 2.83 bits per heavy atom. The molecule has 1 N–H and O–H groups in total. The van der Waals surface area contributed by atoms with Crippen LogP contribution in [0, 0.1) is 0 Å². The van der Waals surface area contributed by atoms with E-state index in [-0.39, 0.29) is 0 Å². The molecule has 1 spiro atoms. The molecule has 2 rings (SSSR count). The van der Waals surface area contributed by atoms with E-state index in [2.05, 4.69) is 35.8 Å². The second-order valence-electron chi connectivity index (χ2n) is 4.08. The number of thioether (sulfide) groups is 1. The summed E-state index contributed by atoms with van der Waals surface area (Å²) >= 11 is 2.12. The van der Waals surface area contributed by atoms with Crippen LogP contribution in [-0.2, 0) is 0 Å². The topological polar surface area (TPSA) is 15.3 Å². The van der Waals surface area contributed by atoms with Crippen molar-refractivity contribution in [1.82, 2.24) is 10.2 Å². The molecule has 2 fully saturated rings. The average Bonchev–Trinajstić information content (AvgIpc) is 2.62. The van der Waals surface area contributed by atoms with E-state index in [0.717, 1.165) is 0 Å². The van der Waals surface area contributed by atoms with Crippen molar-refractivity contribution in [3.63, 3.8) is 0 Å². The van der Waals surface area contributed by atoms with E-state index in [4.69, 9.17) is 0 Å². The summed E-state index contributed by atoms with van der Waals surface area (Å²) in [5.74, 6) is 1.30. The van der Waals surface area contributed by atoms with Crippen LogP contribution in [0.25, 0.3) is 0 Å². The molecule has 2 heterocycles. The Labute approximate surface area is 79.1 Å². The molecule has 2 nitrogen and oxygen atoms in total. The van der Waals surface area contributed by atoms with Gasteiger partial charge in [0, 0.05) is 31.4 Å². The minimum atomic E-state index is 0.435. The standard InChI is InChI=1S/C9H18N2S/c1-8(2)11-5-3-9(7-11)10-4-6-12-9/h8,10H,3-7H2,1-2H3. The van der Waals surface area contributed by atoms with E-state index >= 15 is 0 Å². The van der Waals surface area contributed by atoms with Gasteiger partial charge in [0.1, 0.15) is 0 Å². The number of rotatable bonds is 1. The zero-order valence-electron chi connectivity index (χ0n) is 7.97. The summed E-state index contributed by atoms with van der Waals surface area (Å²) in [7, 11) is 0. The Morgan fingerprint density at radius 1 is 1.50 bits per heavy atom. The molecule has 0 aliphatic carbocycles. The first-order chi connectivity index (χ1) is 5.72. The maximum Gasteiger partial charge on any atom is 0.0786 e. The number of nitrogens with zero attached hydrogens (tertiary/aromatic N) is 1. The van der Waals surface area contributed by atoms with Crippen molar-refractivity contribution in [3.05, 3.63) is 0 Å². The van der Waals surface area contributed by atoms with Crippen molar-refractivity contribution in [2.45, 2.75) is 31.2 Å². The molecule has 12 heavy (non-hydrogen) atoms. The molecule has 2 saturated heterocycles. The van der Waals surface area contributed by atoms with Gasteiger partial charge in [0.05, 0.1) is 4.87 Å². The van der Waals surface area contributed by atoms with Gasteiger partial charge in [0.2, 0.25) is 0 Å². The molecule has 1 atom stereocenters. The monoisotopic (exact) mass is 186 g/mol. The van der Waals surface area contributed by atoms with Crippen LogP contribution in [0.5, 0.6) is 0 Å². The lowest BCUT2D eigenvalue weighted by atomic mass is 10.2. The third-order valence-corrected chi connectivity index (χ3v) is 4.36. The number of hydrogen-bond donors (Lipinski definition) is 1. The number of hydrogen-bond acceptors (Lipinski definition) is 3. The largest absolute Gasteiger partial charge is 0.301 e. The molecular weight excluding hydrogens is 168 g/mol. The van der Waals surface area contributed by atoms with E-state index in [1.807, 2.05) is 0 Å². The van der Waals surface area contributed by atoms with Crippen LogP contribution in [0.15, 0.2) is 0 Å². The fraction of sp³-hybridized carbons (Fsp3) is 1.00. The molecule has 70 valence electrons. The predicted molar refractivity (Wildman–Crippen MR) is 54.5 cm³/mol. The molecule has 0 bridgehead atoms. The summed E-state index contributed by atoms with van der Waals surface area (Å²) in [6.45, 7) is 8.31. The molecule has 0 saturated carbocycles. The number of nitrogens with one attached hydrogen (secondary N) is 1. The van der Waals surface area contributed by atoms with Crippen LogP contribution in [0.1, 0.15) is 20.3 Å². The van der Waals surface area contributed by atoms with Gasteiger partial charge in [-0.2, -0.15) is 0 Å². The first-order valence-corrected chi connectivity index (χ1v) is 5.83. The first-order valence-electron chi connectivity index (χ1n) is 4.85. The maximum absolute atomic E-state index is 3.64. The quantitative estimate of drug-likeness (QED) is 0.661. The smallest absolute Gasteiger partial charge is 0.0786 e. The van der Waals surface area contributed by atoms with Crippen LogP contribution in [0.3, 0.4) is 0 Å². The van der Waals surface area contributed by atoms with Gasteiger partial charge < -0.3 is 5.32 Å². The molecule has 3 heteroatoms. The fourth-order valence-electron chi connectivity index (χ4n) is 2.09. The van der Waals surface area contributed by atoms with Crippen molar-refractivity contribution < 1.29 is 0 Å². The third kappa shape index (κ3) is 1.50. The lowest BCUT2D eigenvalue weighted by Gasteiger charge is -2.25. The lowest BCUT2D eigenvalue weighted by molar-refractivity contribution is 0.266. The fourth-order valence-corrected chi connectivity index (χ4v) is 3.38. The van der Waals surface area contributed by atoms with Crippen LogP contribution in [-0.4, -0.2) is 41.2 Å². The Hall–Kier alpha value is 0.270. The average molecular weight is 186 g/mol. The minimum Gasteiger partial charge on any atom is -0.301 e. The highest BCUT2D eigenvalue weighted by atomic mass is 32.2. The maximum atomic E-state index is 3.64. The zero-order valence-corrected chi connectivity index (χ0v) is 8.78. The van der Waals surface area contributed by atoms with E-state index in [1.165, 1.54) is 31.8 Å². The highest BCUT2D eigenvalue weighted by Crippen LogP contribution is 2.36. The van der Waals surface area contributed by atoms with Crippen molar-refractivity contribution in [2.75, 3.05) is 25.4 Å². The Bertz CT molecular complexity index is 164. The van der Waals surface area contributed by atoms with Crippen LogP contribution in [0.2, 0.25) is 0 Å². The van der Waals surface area contributed by atoms with E-state index < -0.39 is 0 Å².